The van der Waals surface area contributed by atoms with Gasteiger partial charge in [0.1, 0.15) is 9.79 Å². The fourth-order valence-electron chi connectivity index (χ4n) is 2.25. The average Bonchev–Trinajstić information content (AvgIpc) is 2.59. The van der Waals surface area contributed by atoms with Crippen LogP contribution in [0, 0.1) is 0 Å². The molecule has 0 aliphatic rings. The summed E-state index contributed by atoms with van der Waals surface area (Å²) in [5.74, 6) is -1.50. The third-order valence-electron chi connectivity index (χ3n) is 3.30. The van der Waals surface area contributed by atoms with E-state index in [1.54, 1.807) is 0 Å². The van der Waals surface area contributed by atoms with E-state index in [1.165, 1.54) is 12.1 Å². The number of sulfone groups is 2. The Morgan fingerprint density at radius 1 is 0.677 bits per heavy atom. The first-order chi connectivity index (χ1) is 14.1. The maximum absolute atomic E-state index is 13.0. The Labute approximate surface area is 178 Å². The van der Waals surface area contributed by atoms with E-state index in [0.29, 0.717) is 12.5 Å². The Bertz CT molecular complexity index is 1390. The molecule has 0 amide bonds. The molecule has 0 saturated carbocycles. The van der Waals surface area contributed by atoms with Crippen molar-refractivity contribution < 1.29 is 46.8 Å². The number of hydrogen-bond acceptors (Lipinski definition) is 10. The summed E-state index contributed by atoms with van der Waals surface area (Å²) in [7, 11) is -18.8. The van der Waals surface area contributed by atoms with Crippen LogP contribution in [0.5, 0.6) is 11.5 Å². The van der Waals surface area contributed by atoms with E-state index in [2.05, 4.69) is 13.2 Å². The van der Waals surface area contributed by atoms with E-state index < -0.39 is 65.6 Å². The van der Waals surface area contributed by atoms with Gasteiger partial charge in [-0.2, -0.15) is 16.8 Å². The molecule has 0 N–H and O–H groups in total. The molecule has 0 heterocycles. The van der Waals surface area contributed by atoms with Crippen LogP contribution in [0.4, 0.5) is 0 Å². The summed E-state index contributed by atoms with van der Waals surface area (Å²) in [5, 5.41) is 0. The SMILES string of the molecule is CS(=O)(=O)Oc1ccccc1S(=O)(=O)C(=[N+]=[N-])S(=O)(=O)c1ccccc1OS(C)(=O)=O. The van der Waals surface area contributed by atoms with Crippen LogP contribution in [-0.2, 0) is 39.9 Å². The van der Waals surface area contributed by atoms with E-state index in [1.807, 2.05) is 0 Å². The Hall–Kier alpha value is -2.78. The van der Waals surface area contributed by atoms with Crippen molar-refractivity contribution in [3.05, 3.63) is 54.1 Å². The first kappa shape index (κ1) is 24.5. The smallest absolute Gasteiger partial charge is 0.381 e. The minimum absolute atomic E-state index is 0.632. The van der Waals surface area contributed by atoms with Crippen LogP contribution in [0.25, 0.3) is 5.53 Å². The minimum atomic E-state index is -5.20. The van der Waals surface area contributed by atoms with Gasteiger partial charge in [0.15, 0.2) is 11.5 Å². The van der Waals surface area contributed by atoms with Crippen LogP contribution in [0.1, 0.15) is 0 Å². The monoisotopic (exact) mass is 510 g/mol. The zero-order valence-electron chi connectivity index (χ0n) is 15.7. The number of benzene rings is 2. The zero-order valence-corrected chi connectivity index (χ0v) is 19.0. The standard InChI is InChI=1S/C15H14N2O10S4/c1-28(18,19)26-11-7-3-5-9-13(11)30(22,23)15(17-16)31(24,25)14-10-6-4-8-12(14)27-29(2,20)21/h3-10H,1-2H3. The van der Waals surface area contributed by atoms with Crippen molar-refractivity contribution in [2.45, 2.75) is 9.79 Å². The number of nitrogens with zero attached hydrogens (tertiary/aromatic N) is 2. The van der Waals surface area contributed by atoms with Crippen LogP contribution in [0.15, 0.2) is 58.3 Å². The molecule has 16 heteroatoms. The van der Waals surface area contributed by atoms with Crippen molar-refractivity contribution in [1.29, 1.82) is 0 Å². The van der Waals surface area contributed by atoms with Crippen molar-refractivity contribution in [3.8, 4) is 11.5 Å². The summed E-state index contributed by atoms with van der Waals surface area (Å²) < 4.78 is 105. The fraction of sp³-hybridized carbons (Fsp3) is 0.133. The molecule has 2 rings (SSSR count). The van der Waals surface area contributed by atoms with Gasteiger partial charge in [-0.05, 0) is 24.3 Å². The van der Waals surface area contributed by atoms with Gasteiger partial charge < -0.3 is 13.9 Å². The fourth-order valence-corrected chi connectivity index (χ4v) is 6.85. The molecule has 0 saturated heterocycles. The maximum atomic E-state index is 13.0. The molecule has 0 spiro atoms. The molecule has 31 heavy (non-hydrogen) atoms. The van der Waals surface area contributed by atoms with Gasteiger partial charge in [0.05, 0.1) is 12.5 Å². The Morgan fingerprint density at radius 3 is 1.29 bits per heavy atom. The predicted octanol–water partition coefficient (Wildman–Crippen LogP) is 0.197. The second-order valence-electron chi connectivity index (χ2n) is 5.84. The van der Waals surface area contributed by atoms with Gasteiger partial charge in [0.25, 0.3) is 19.7 Å². The molecular formula is C15H14N2O10S4. The lowest BCUT2D eigenvalue weighted by molar-refractivity contribution is 0.00378. The zero-order chi connectivity index (χ0) is 23.7. The molecule has 0 aliphatic carbocycles. The molecule has 0 unspecified atom stereocenters. The number of hydrogen-bond donors (Lipinski definition) is 0. The summed E-state index contributed by atoms with van der Waals surface area (Å²) in [6.45, 7) is 0. The number of rotatable bonds is 6. The van der Waals surface area contributed by atoms with Gasteiger partial charge in [0.2, 0.25) is 0 Å². The lowest BCUT2D eigenvalue weighted by atomic mass is 10.3. The molecule has 2 aromatic rings. The highest BCUT2D eigenvalue weighted by atomic mass is 32.3. The number of para-hydroxylation sites is 2. The molecule has 0 fully saturated rings. The van der Waals surface area contributed by atoms with Gasteiger partial charge in [-0.1, -0.05) is 24.3 Å². The van der Waals surface area contributed by atoms with Crippen LogP contribution in [0.3, 0.4) is 0 Å². The second-order valence-corrected chi connectivity index (χ2v) is 12.9. The van der Waals surface area contributed by atoms with E-state index in [-0.39, 0.29) is 0 Å². The predicted molar refractivity (Wildman–Crippen MR) is 107 cm³/mol. The molecule has 12 nitrogen and oxygen atoms in total. The van der Waals surface area contributed by atoms with Crippen LogP contribution < -0.4 is 8.37 Å². The summed E-state index contributed by atoms with van der Waals surface area (Å²) in [6, 6.07) is 8.27. The van der Waals surface area contributed by atoms with Gasteiger partial charge in [-0.25, -0.2) is 16.8 Å². The normalized spacial score (nSPS) is 12.6. The maximum Gasteiger partial charge on any atom is 0.504 e. The molecule has 0 aliphatic heterocycles. The minimum Gasteiger partial charge on any atom is -0.381 e. The first-order valence-corrected chi connectivity index (χ1v) is 14.4. The summed E-state index contributed by atoms with van der Waals surface area (Å²) in [4.78, 5) is 0.526. The third-order valence-corrected chi connectivity index (χ3v) is 8.50. The van der Waals surface area contributed by atoms with Gasteiger partial charge in [-0.3, -0.25) is 0 Å². The van der Waals surface area contributed by atoms with Gasteiger partial charge >= 0.3 is 24.6 Å². The molecule has 168 valence electrons. The van der Waals surface area contributed by atoms with E-state index in [0.717, 1.165) is 36.4 Å². The topological polar surface area (TPSA) is 191 Å². The van der Waals surface area contributed by atoms with Gasteiger partial charge in [-0.15, -0.1) is 4.79 Å². The largest absolute Gasteiger partial charge is 0.504 e. The van der Waals surface area contributed by atoms with Crippen molar-refractivity contribution in [2.24, 2.45) is 0 Å². The highest BCUT2D eigenvalue weighted by Crippen LogP contribution is 2.32. The second kappa shape index (κ2) is 8.39. The third kappa shape index (κ3) is 5.68. The van der Waals surface area contributed by atoms with Crippen LogP contribution in [0.2, 0.25) is 0 Å². The van der Waals surface area contributed by atoms with E-state index >= 15 is 0 Å². The highest BCUT2D eigenvalue weighted by molar-refractivity contribution is 8.31. The summed E-state index contributed by atoms with van der Waals surface area (Å²) in [5.41, 5.74) is 9.28. The highest BCUT2D eigenvalue weighted by Gasteiger charge is 2.47. The summed E-state index contributed by atoms with van der Waals surface area (Å²) in [6.07, 6.45) is 1.26. The Balaban J connectivity index is 2.74. The van der Waals surface area contributed by atoms with Crippen LogP contribution in [-0.4, -0.2) is 55.3 Å². The van der Waals surface area contributed by atoms with Crippen molar-refractivity contribution >= 4 is 44.3 Å². The summed E-state index contributed by atoms with van der Waals surface area (Å²) >= 11 is 0. The molecule has 0 aromatic heterocycles. The van der Waals surface area contributed by atoms with Crippen LogP contribution >= 0.6 is 0 Å². The average molecular weight is 511 g/mol. The van der Waals surface area contributed by atoms with E-state index in [9.17, 15) is 39.2 Å². The van der Waals surface area contributed by atoms with Crippen molar-refractivity contribution in [1.82, 2.24) is 0 Å². The Kier molecular flexibility index (Phi) is 6.63. The van der Waals surface area contributed by atoms with Crippen molar-refractivity contribution in [3.63, 3.8) is 0 Å². The Morgan fingerprint density at radius 2 is 1.00 bits per heavy atom. The van der Waals surface area contributed by atoms with Gasteiger partial charge in [0, 0.05) is 0 Å². The molecule has 0 radical (unpaired) electrons. The lowest BCUT2D eigenvalue weighted by Gasteiger charge is -2.10. The lowest BCUT2D eigenvalue weighted by Crippen LogP contribution is -2.27. The van der Waals surface area contributed by atoms with E-state index in [4.69, 9.17) is 0 Å². The van der Waals surface area contributed by atoms with Crippen molar-refractivity contribution in [2.75, 3.05) is 12.5 Å². The quantitative estimate of drug-likeness (QED) is 0.170. The molecule has 0 atom stereocenters. The molecular weight excluding hydrogens is 496 g/mol. The first-order valence-electron chi connectivity index (χ1n) is 7.79. The molecule has 2 aromatic carbocycles. The molecule has 0 bridgehead atoms.